The molecule has 0 aliphatic heterocycles. The van der Waals surface area contributed by atoms with Crippen molar-refractivity contribution < 1.29 is 9.50 Å². The Kier molecular flexibility index (Phi) is 4.47. The van der Waals surface area contributed by atoms with E-state index in [1.807, 2.05) is 13.8 Å². The van der Waals surface area contributed by atoms with Crippen molar-refractivity contribution in [3.63, 3.8) is 0 Å². The molecule has 0 unspecified atom stereocenters. The molecule has 0 aliphatic carbocycles. The number of halogens is 1. The molecule has 0 amide bonds. The minimum atomic E-state index is -1.22. The van der Waals surface area contributed by atoms with Gasteiger partial charge in [0, 0.05) is 17.5 Å². The number of anilines is 1. The second kappa shape index (κ2) is 6.72. The minimum absolute atomic E-state index is 0.273. The maximum atomic E-state index is 14.3. The van der Waals surface area contributed by atoms with Crippen LogP contribution < -0.4 is 5.32 Å². The van der Waals surface area contributed by atoms with Crippen LogP contribution in [0.25, 0.3) is 20.4 Å². The molecule has 144 valence electrons. The maximum absolute atomic E-state index is 14.3. The van der Waals surface area contributed by atoms with Gasteiger partial charge in [0.2, 0.25) is 0 Å². The number of rotatable bonds is 4. The molecule has 1 aromatic carbocycles. The topological polar surface area (TPSA) is 83.8 Å². The van der Waals surface area contributed by atoms with Gasteiger partial charge in [0.15, 0.2) is 0 Å². The maximum Gasteiger partial charge on any atom is 0.149 e. The number of nitrogens with one attached hydrogen (secondary N) is 1. The largest absolute Gasteiger partial charge is 0.386 e. The van der Waals surface area contributed by atoms with E-state index in [0.29, 0.717) is 12.4 Å². The lowest BCUT2D eigenvalue weighted by Crippen LogP contribution is -2.17. The smallest absolute Gasteiger partial charge is 0.149 e. The first kappa shape index (κ1) is 18.6. The SMILES string of the molecule is Cc1nnc2sc3c(NCc4ccc(C(C)(C)O)c(F)c4)ncnc3c2c1C. The Bertz CT molecular complexity index is 1200. The Balaban J connectivity index is 1.68. The third-order valence-corrected chi connectivity index (χ3v) is 5.88. The van der Waals surface area contributed by atoms with Crippen molar-refractivity contribution in [2.75, 3.05) is 5.32 Å². The molecule has 4 rings (SSSR count). The van der Waals surface area contributed by atoms with Gasteiger partial charge in [0.05, 0.1) is 21.5 Å². The van der Waals surface area contributed by atoms with Crippen LogP contribution in [0.4, 0.5) is 10.2 Å². The fourth-order valence-corrected chi connectivity index (χ4v) is 4.26. The summed E-state index contributed by atoms with van der Waals surface area (Å²) in [4.78, 5) is 9.62. The van der Waals surface area contributed by atoms with Gasteiger partial charge in [-0.3, -0.25) is 0 Å². The Morgan fingerprint density at radius 3 is 2.68 bits per heavy atom. The number of hydrogen-bond donors (Lipinski definition) is 2. The second-order valence-electron chi connectivity index (χ2n) is 7.32. The van der Waals surface area contributed by atoms with Gasteiger partial charge in [-0.2, -0.15) is 5.10 Å². The molecule has 28 heavy (non-hydrogen) atoms. The number of thiophene rings is 1. The fourth-order valence-electron chi connectivity index (χ4n) is 3.16. The minimum Gasteiger partial charge on any atom is -0.386 e. The second-order valence-corrected chi connectivity index (χ2v) is 8.32. The van der Waals surface area contributed by atoms with Gasteiger partial charge in [-0.05, 0) is 44.9 Å². The number of aliphatic hydroxyl groups is 1. The number of benzene rings is 1. The van der Waals surface area contributed by atoms with Crippen LogP contribution in [0.1, 0.15) is 36.2 Å². The van der Waals surface area contributed by atoms with E-state index in [1.165, 1.54) is 23.7 Å². The summed E-state index contributed by atoms with van der Waals surface area (Å²) in [5, 5.41) is 22.8. The Hall–Kier alpha value is -2.71. The van der Waals surface area contributed by atoms with Crippen LogP contribution >= 0.6 is 11.3 Å². The van der Waals surface area contributed by atoms with Gasteiger partial charge in [0.1, 0.15) is 22.8 Å². The standard InChI is InChI=1S/C20H20FN5OS/c1-10-11(2)25-26-19-15(10)16-17(28-19)18(24-9-23-16)22-8-12-5-6-13(14(21)7-12)20(3,4)27/h5-7,9,27H,8H2,1-4H3,(H,22,23,24). The quantitative estimate of drug-likeness (QED) is 0.536. The van der Waals surface area contributed by atoms with E-state index in [2.05, 4.69) is 25.5 Å². The first-order valence-electron chi connectivity index (χ1n) is 8.88. The van der Waals surface area contributed by atoms with Crippen LogP contribution in [0.2, 0.25) is 0 Å². The molecular formula is C20H20FN5OS. The molecule has 6 nitrogen and oxygen atoms in total. The van der Waals surface area contributed by atoms with Crippen molar-refractivity contribution in [3.8, 4) is 0 Å². The molecule has 0 saturated carbocycles. The van der Waals surface area contributed by atoms with Crippen molar-refractivity contribution in [2.45, 2.75) is 39.8 Å². The Labute approximate surface area is 165 Å². The summed E-state index contributed by atoms with van der Waals surface area (Å²) in [5.41, 5.74) is 2.59. The van der Waals surface area contributed by atoms with Crippen molar-refractivity contribution in [3.05, 3.63) is 52.7 Å². The number of hydrogen-bond acceptors (Lipinski definition) is 7. The highest BCUT2D eigenvalue weighted by Crippen LogP contribution is 2.36. The molecule has 3 aromatic heterocycles. The number of fused-ring (bicyclic) bond motifs is 3. The summed E-state index contributed by atoms with van der Waals surface area (Å²) in [5.74, 6) is 0.250. The highest BCUT2D eigenvalue weighted by Gasteiger charge is 2.20. The zero-order valence-corrected chi connectivity index (χ0v) is 16.9. The van der Waals surface area contributed by atoms with Gasteiger partial charge >= 0.3 is 0 Å². The van der Waals surface area contributed by atoms with E-state index in [9.17, 15) is 9.50 Å². The van der Waals surface area contributed by atoms with Gasteiger partial charge in [-0.15, -0.1) is 16.4 Å². The Morgan fingerprint density at radius 2 is 1.96 bits per heavy atom. The first-order valence-corrected chi connectivity index (χ1v) is 9.69. The summed E-state index contributed by atoms with van der Waals surface area (Å²) < 4.78 is 15.2. The molecule has 2 N–H and O–H groups in total. The van der Waals surface area contributed by atoms with Crippen molar-refractivity contribution in [1.29, 1.82) is 0 Å². The van der Waals surface area contributed by atoms with Crippen LogP contribution in [0, 0.1) is 19.7 Å². The number of aromatic nitrogens is 4. The molecule has 3 heterocycles. The van der Waals surface area contributed by atoms with E-state index in [4.69, 9.17) is 0 Å². The van der Waals surface area contributed by atoms with Crippen LogP contribution in [-0.4, -0.2) is 25.3 Å². The van der Waals surface area contributed by atoms with Crippen LogP contribution in [0.5, 0.6) is 0 Å². The predicted octanol–water partition coefficient (Wildman–Crippen LogP) is 4.23. The van der Waals surface area contributed by atoms with Gasteiger partial charge < -0.3 is 10.4 Å². The number of aryl methyl sites for hydroxylation is 2. The third kappa shape index (κ3) is 3.18. The lowest BCUT2D eigenvalue weighted by atomic mass is 9.96. The highest BCUT2D eigenvalue weighted by molar-refractivity contribution is 7.25. The molecule has 0 fully saturated rings. The molecule has 0 bridgehead atoms. The summed E-state index contributed by atoms with van der Waals surface area (Å²) >= 11 is 1.49. The predicted molar refractivity (Wildman–Crippen MR) is 109 cm³/mol. The van der Waals surface area contributed by atoms with E-state index in [0.717, 1.165) is 37.3 Å². The fraction of sp³-hybridized carbons (Fsp3) is 0.300. The lowest BCUT2D eigenvalue weighted by Gasteiger charge is -2.19. The molecule has 0 spiro atoms. The highest BCUT2D eigenvalue weighted by atomic mass is 32.1. The number of nitrogens with zero attached hydrogens (tertiary/aromatic N) is 4. The van der Waals surface area contributed by atoms with E-state index in [-0.39, 0.29) is 5.56 Å². The lowest BCUT2D eigenvalue weighted by molar-refractivity contribution is 0.0745. The zero-order chi connectivity index (χ0) is 20.1. The van der Waals surface area contributed by atoms with Crippen molar-refractivity contribution in [1.82, 2.24) is 20.2 Å². The first-order chi connectivity index (χ1) is 13.3. The van der Waals surface area contributed by atoms with Gasteiger partial charge in [-0.25, -0.2) is 14.4 Å². The molecule has 8 heteroatoms. The molecule has 0 atom stereocenters. The summed E-state index contributed by atoms with van der Waals surface area (Å²) in [7, 11) is 0. The summed E-state index contributed by atoms with van der Waals surface area (Å²) in [6, 6.07) is 4.84. The summed E-state index contributed by atoms with van der Waals surface area (Å²) in [6.45, 7) is 7.47. The zero-order valence-electron chi connectivity index (χ0n) is 16.0. The average Bonchev–Trinajstić information content (AvgIpc) is 3.02. The van der Waals surface area contributed by atoms with Crippen LogP contribution in [-0.2, 0) is 12.1 Å². The van der Waals surface area contributed by atoms with Crippen LogP contribution in [0.3, 0.4) is 0 Å². The summed E-state index contributed by atoms with van der Waals surface area (Å²) in [6.07, 6.45) is 1.52. The molecule has 0 saturated heterocycles. The Morgan fingerprint density at radius 1 is 1.18 bits per heavy atom. The molecule has 0 radical (unpaired) electrons. The van der Waals surface area contributed by atoms with E-state index in [1.54, 1.807) is 26.0 Å². The van der Waals surface area contributed by atoms with E-state index < -0.39 is 11.4 Å². The van der Waals surface area contributed by atoms with Gasteiger partial charge in [-0.1, -0.05) is 12.1 Å². The van der Waals surface area contributed by atoms with Gasteiger partial charge in [0.25, 0.3) is 0 Å². The van der Waals surface area contributed by atoms with Crippen molar-refractivity contribution in [2.24, 2.45) is 0 Å². The monoisotopic (exact) mass is 397 g/mol. The normalized spacial score (nSPS) is 12.1. The third-order valence-electron chi connectivity index (χ3n) is 4.81. The molecule has 4 aromatic rings. The molecular weight excluding hydrogens is 377 g/mol. The van der Waals surface area contributed by atoms with E-state index >= 15 is 0 Å². The van der Waals surface area contributed by atoms with Crippen LogP contribution in [0.15, 0.2) is 24.5 Å². The van der Waals surface area contributed by atoms with Crippen molar-refractivity contribution >= 4 is 37.6 Å². The molecule has 0 aliphatic rings. The average molecular weight is 397 g/mol.